The zero-order valence-electron chi connectivity index (χ0n) is 14.2. The second-order valence-electron chi connectivity index (χ2n) is 6.18. The number of carbonyl (C=O) groups excluding carboxylic acids is 1. The summed E-state index contributed by atoms with van der Waals surface area (Å²) in [6.45, 7) is 0. The van der Waals surface area contributed by atoms with Gasteiger partial charge in [-0.05, 0) is 29.0 Å². The highest BCUT2D eigenvalue weighted by molar-refractivity contribution is 7.89. The summed E-state index contributed by atoms with van der Waals surface area (Å²) in [5.74, 6) is -1.07. The van der Waals surface area contributed by atoms with E-state index in [2.05, 4.69) is 0 Å². The molecule has 4 rings (SSSR count). The van der Waals surface area contributed by atoms with Crippen LogP contribution < -0.4 is 0 Å². The Morgan fingerprint density at radius 3 is 2.56 bits per heavy atom. The number of carbonyl (C=O) groups is 1. The third kappa shape index (κ3) is 2.43. The maximum atomic E-state index is 13.7. The molecule has 0 aliphatic carbocycles. The van der Waals surface area contributed by atoms with Gasteiger partial charge in [-0.15, -0.1) is 0 Å². The summed E-state index contributed by atoms with van der Waals surface area (Å²) in [6, 6.07) is 13.5. The number of aliphatic hydroxyl groups excluding tert-OH is 1. The van der Waals surface area contributed by atoms with Crippen LogP contribution in [0.2, 0.25) is 0 Å². The monoisotopic (exact) mass is 383 g/mol. The number of aldehydes is 1. The van der Waals surface area contributed by atoms with Crippen molar-refractivity contribution in [3.8, 4) is 0 Å². The minimum atomic E-state index is -4.03. The molecular formula is C20H14FNO4S. The first-order valence-corrected chi connectivity index (χ1v) is 9.49. The van der Waals surface area contributed by atoms with E-state index in [9.17, 15) is 22.7 Å². The highest BCUT2D eigenvalue weighted by Crippen LogP contribution is 2.42. The number of hydrogen-bond acceptors (Lipinski definition) is 4. The van der Waals surface area contributed by atoms with Crippen molar-refractivity contribution in [1.29, 1.82) is 0 Å². The van der Waals surface area contributed by atoms with Gasteiger partial charge in [0.2, 0.25) is 0 Å². The van der Waals surface area contributed by atoms with E-state index < -0.39 is 21.6 Å². The molecule has 1 aliphatic rings. The number of nitrogens with zero attached hydrogens (tertiary/aromatic N) is 1. The molecule has 0 aromatic heterocycles. The molecule has 7 heteroatoms. The predicted octanol–water partition coefficient (Wildman–Crippen LogP) is 3.81. The molecule has 0 fully saturated rings. The van der Waals surface area contributed by atoms with Gasteiger partial charge >= 0.3 is 0 Å². The van der Waals surface area contributed by atoms with Crippen LogP contribution in [0.3, 0.4) is 0 Å². The fraction of sp³-hybridized carbons (Fsp3) is 0.0500. The molecule has 3 aromatic carbocycles. The van der Waals surface area contributed by atoms with Crippen molar-refractivity contribution in [2.45, 2.75) is 4.90 Å². The average molecular weight is 383 g/mol. The van der Waals surface area contributed by atoms with E-state index in [0.29, 0.717) is 11.7 Å². The third-order valence-corrected chi connectivity index (χ3v) is 6.51. The van der Waals surface area contributed by atoms with Gasteiger partial charge in [-0.1, -0.05) is 36.4 Å². The largest absolute Gasteiger partial charge is 0.505 e. The molecule has 1 aliphatic heterocycles. The molecule has 0 spiro atoms. The fourth-order valence-corrected chi connectivity index (χ4v) is 4.77. The Balaban J connectivity index is 2.18. The number of hydrogen-bond donors (Lipinski definition) is 1. The molecule has 0 atom stereocenters. The van der Waals surface area contributed by atoms with E-state index in [1.807, 2.05) is 12.1 Å². The van der Waals surface area contributed by atoms with Crippen molar-refractivity contribution >= 4 is 38.5 Å². The first kappa shape index (κ1) is 17.2. The summed E-state index contributed by atoms with van der Waals surface area (Å²) in [7, 11) is -2.73. The van der Waals surface area contributed by atoms with E-state index >= 15 is 0 Å². The van der Waals surface area contributed by atoms with E-state index in [1.54, 1.807) is 24.3 Å². The SMILES string of the molecule is CN1C(c2c(C=O)ccc3ccccc23)=C(O)c2cc(F)ccc2S1(=O)=O. The maximum Gasteiger partial charge on any atom is 0.264 e. The maximum absolute atomic E-state index is 13.7. The third-order valence-electron chi connectivity index (χ3n) is 4.70. The fourth-order valence-electron chi connectivity index (χ4n) is 3.38. The van der Waals surface area contributed by atoms with Gasteiger partial charge in [0.25, 0.3) is 10.0 Å². The van der Waals surface area contributed by atoms with E-state index in [0.717, 1.165) is 27.9 Å². The number of benzene rings is 3. The molecule has 0 radical (unpaired) electrons. The Hall–Kier alpha value is -3.19. The van der Waals surface area contributed by atoms with Gasteiger partial charge in [-0.25, -0.2) is 12.8 Å². The van der Waals surface area contributed by atoms with Crippen LogP contribution in [0.25, 0.3) is 22.2 Å². The first-order valence-electron chi connectivity index (χ1n) is 8.05. The molecule has 0 bridgehead atoms. The van der Waals surface area contributed by atoms with Gasteiger partial charge in [0.15, 0.2) is 6.29 Å². The summed E-state index contributed by atoms with van der Waals surface area (Å²) in [4.78, 5) is 11.5. The summed E-state index contributed by atoms with van der Waals surface area (Å²) < 4.78 is 40.6. The second-order valence-corrected chi connectivity index (χ2v) is 8.12. The average Bonchev–Trinajstić information content (AvgIpc) is 2.66. The molecule has 27 heavy (non-hydrogen) atoms. The van der Waals surface area contributed by atoms with Crippen molar-refractivity contribution in [2.24, 2.45) is 0 Å². The number of rotatable bonds is 2. The Labute approximate surface area is 155 Å². The lowest BCUT2D eigenvalue weighted by Gasteiger charge is -2.30. The Morgan fingerprint density at radius 2 is 1.81 bits per heavy atom. The Kier molecular flexibility index (Phi) is 3.78. The van der Waals surface area contributed by atoms with Crippen LogP contribution in [0.1, 0.15) is 21.5 Å². The van der Waals surface area contributed by atoms with Crippen LogP contribution in [-0.2, 0) is 10.0 Å². The summed E-state index contributed by atoms with van der Waals surface area (Å²) >= 11 is 0. The van der Waals surface area contributed by atoms with E-state index in [1.165, 1.54) is 7.05 Å². The molecule has 0 saturated heterocycles. The molecule has 0 saturated carbocycles. The zero-order valence-corrected chi connectivity index (χ0v) is 15.0. The number of halogens is 1. The molecule has 1 N–H and O–H groups in total. The lowest BCUT2D eigenvalue weighted by molar-refractivity contribution is 0.112. The van der Waals surface area contributed by atoms with Crippen molar-refractivity contribution in [3.05, 3.63) is 77.1 Å². The quantitative estimate of drug-likeness (QED) is 0.683. The normalized spacial score (nSPS) is 15.7. The molecule has 0 amide bonds. The van der Waals surface area contributed by atoms with E-state index in [-0.39, 0.29) is 27.3 Å². The topological polar surface area (TPSA) is 74.7 Å². The van der Waals surface area contributed by atoms with Crippen LogP contribution in [0.5, 0.6) is 0 Å². The lowest BCUT2D eigenvalue weighted by Crippen LogP contribution is -2.31. The molecule has 136 valence electrons. The van der Waals surface area contributed by atoms with Crippen molar-refractivity contribution in [1.82, 2.24) is 4.31 Å². The van der Waals surface area contributed by atoms with Gasteiger partial charge in [0.05, 0.1) is 4.90 Å². The molecule has 3 aromatic rings. The van der Waals surface area contributed by atoms with Crippen LogP contribution >= 0.6 is 0 Å². The molecule has 5 nitrogen and oxygen atoms in total. The highest BCUT2D eigenvalue weighted by atomic mass is 32.2. The Morgan fingerprint density at radius 1 is 1.07 bits per heavy atom. The summed E-state index contributed by atoms with van der Waals surface area (Å²) in [6.07, 6.45) is 0.601. The number of aliphatic hydroxyl groups is 1. The minimum absolute atomic E-state index is 0.0630. The van der Waals surface area contributed by atoms with Gasteiger partial charge in [-0.3, -0.25) is 9.10 Å². The lowest BCUT2D eigenvalue weighted by atomic mass is 9.95. The molecule has 0 unspecified atom stereocenters. The number of fused-ring (bicyclic) bond motifs is 2. The van der Waals surface area contributed by atoms with Gasteiger partial charge in [0.1, 0.15) is 17.3 Å². The van der Waals surface area contributed by atoms with Crippen LogP contribution in [-0.4, -0.2) is 31.2 Å². The Bertz CT molecular complexity index is 1250. The summed E-state index contributed by atoms with van der Waals surface area (Å²) in [5.41, 5.74) is 0.304. The van der Waals surface area contributed by atoms with Gasteiger partial charge in [0, 0.05) is 23.7 Å². The van der Waals surface area contributed by atoms with Gasteiger partial charge in [-0.2, -0.15) is 0 Å². The van der Waals surface area contributed by atoms with Gasteiger partial charge < -0.3 is 5.11 Å². The first-order chi connectivity index (χ1) is 12.9. The second kappa shape index (κ2) is 5.92. The summed E-state index contributed by atoms with van der Waals surface area (Å²) in [5, 5.41) is 12.2. The van der Waals surface area contributed by atoms with Crippen LogP contribution in [0.4, 0.5) is 4.39 Å². The van der Waals surface area contributed by atoms with E-state index in [4.69, 9.17) is 0 Å². The predicted molar refractivity (Wildman–Crippen MR) is 100 cm³/mol. The van der Waals surface area contributed by atoms with Crippen molar-refractivity contribution in [2.75, 3.05) is 7.05 Å². The molecule has 1 heterocycles. The van der Waals surface area contributed by atoms with Crippen molar-refractivity contribution in [3.63, 3.8) is 0 Å². The minimum Gasteiger partial charge on any atom is -0.505 e. The van der Waals surface area contributed by atoms with Crippen LogP contribution in [0.15, 0.2) is 59.5 Å². The molecular weight excluding hydrogens is 369 g/mol. The standard InChI is InChI=1S/C20H14FNO4S/c1-22-19(18-13(11-23)7-6-12-4-2-3-5-15(12)18)20(24)16-10-14(21)8-9-17(16)27(22,25)26/h2-11,24H,1H3. The zero-order chi connectivity index (χ0) is 19.3. The smallest absolute Gasteiger partial charge is 0.264 e. The highest BCUT2D eigenvalue weighted by Gasteiger charge is 2.37. The van der Waals surface area contributed by atoms with Crippen LogP contribution in [0, 0.1) is 5.82 Å². The number of sulfonamides is 1. The van der Waals surface area contributed by atoms with Crippen molar-refractivity contribution < 1.29 is 22.7 Å².